The second-order valence-electron chi connectivity index (χ2n) is 5.45. The fraction of sp³-hybridized carbons (Fsp3) is 0.714. The zero-order valence-electron chi connectivity index (χ0n) is 14.1. The molecule has 4 unspecified atom stereocenters. The molecule has 0 aromatic rings. The quantitative estimate of drug-likeness (QED) is 0.232. The zero-order valence-corrected chi connectivity index (χ0v) is 14.9. The van der Waals surface area contributed by atoms with Crippen LogP contribution >= 0.6 is 11.8 Å². The number of nitrogens with two attached hydrogens (primary N) is 1. The van der Waals surface area contributed by atoms with Gasteiger partial charge in [0.05, 0.1) is 12.1 Å². The second-order valence-corrected chi connectivity index (χ2v) is 6.43. The minimum absolute atomic E-state index is 0.242. The van der Waals surface area contributed by atoms with E-state index in [1.165, 1.54) is 18.7 Å². The molecule has 11 heteroatoms. The minimum atomic E-state index is -1.58. The van der Waals surface area contributed by atoms with Crippen molar-refractivity contribution in [1.82, 2.24) is 10.6 Å². The lowest BCUT2D eigenvalue weighted by atomic mass is 10.1. The van der Waals surface area contributed by atoms with E-state index in [9.17, 15) is 24.3 Å². The largest absolute Gasteiger partial charge is 0.481 e. The maximum atomic E-state index is 12.2. The molecular weight excluding hydrogens is 354 g/mol. The molecule has 0 saturated carbocycles. The Labute approximate surface area is 149 Å². The monoisotopic (exact) mass is 379 g/mol. The number of amides is 2. The lowest BCUT2D eigenvalue weighted by Gasteiger charge is -2.23. The Hall–Kier alpha value is -1.85. The molecule has 25 heavy (non-hydrogen) atoms. The number of nitrogens with one attached hydrogen (secondary N) is 2. The summed E-state index contributed by atoms with van der Waals surface area (Å²) in [7, 11) is 0. The minimum Gasteiger partial charge on any atom is -0.481 e. The van der Waals surface area contributed by atoms with Crippen LogP contribution in [0.2, 0.25) is 0 Å². The summed E-state index contributed by atoms with van der Waals surface area (Å²) in [4.78, 5) is 46.0. The third kappa shape index (κ3) is 9.27. The van der Waals surface area contributed by atoms with Crippen LogP contribution < -0.4 is 16.4 Å². The summed E-state index contributed by atoms with van der Waals surface area (Å²) in [6.07, 6.45) is 0.182. The fourth-order valence-electron chi connectivity index (χ4n) is 1.83. The second kappa shape index (κ2) is 11.7. The number of aliphatic hydroxyl groups excluding tert-OH is 1. The normalized spacial score (nSPS) is 15.5. The highest BCUT2D eigenvalue weighted by molar-refractivity contribution is 7.98. The molecule has 144 valence electrons. The third-order valence-corrected chi connectivity index (χ3v) is 3.94. The van der Waals surface area contributed by atoms with Gasteiger partial charge in [-0.25, -0.2) is 4.79 Å². The van der Waals surface area contributed by atoms with Gasteiger partial charge in [0.25, 0.3) is 0 Å². The predicted molar refractivity (Wildman–Crippen MR) is 91.0 cm³/mol. The van der Waals surface area contributed by atoms with E-state index >= 15 is 0 Å². The Morgan fingerprint density at radius 1 is 1.08 bits per heavy atom. The Morgan fingerprint density at radius 3 is 2.12 bits per heavy atom. The van der Waals surface area contributed by atoms with E-state index < -0.39 is 54.4 Å². The SMILES string of the molecule is CSCCC(N)C(=O)NC(CCC(=O)O)C(=O)NC(C(=O)O)C(C)O. The Balaban J connectivity index is 5.01. The van der Waals surface area contributed by atoms with Crippen LogP contribution in [0.25, 0.3) is 0 Å². The summed E-state index contributed by atoms with van der Waals surface area (Å²) in [5.74, 6) is -3.54. The molecular formula is C14H25N3O7S. The van der Waals surface area contributed by atoms with Crippen LogP contribution in [0.5, 0.6) is 0 Å². The van der Waals surface area contributed by atoms with Gasteiger partial charge in [0.1, 0.15) is 6.04 Å². The first-order valence-electron chi connectivity index (χ1n) is 7.58. The molecule has 0 fully saturated rings. The Morgan fingerprint density at radius 2 is 1.68 bits per heavy atom. The van der Waals surface area contributed by atoms with Crippen LogP contribution in [0, 0.1) is 0 Å². The van der Waals surface area contributed by atoms with Gasteiger partial charge in [-0.1, -0.05) is 0 Å². The van der Waals surface area contributed by atoms with Crippen LogP contribution in [-0.4, -0.2) is 75.3 Å². The van der Waals surface area contributed by atoms with Crippen molar-refractivity contribution < 1.29 is 34.5 Å². The number of carboxylic acid groups (broad SMARTS) is 2. The van der Waals surface area contributed by atoms with Crippen LogP contribution in [0.4, 0.5) is 0 Å². The van der Waals surface area contributed by atoms with Crippen LogP contribution in [0.1, 0.15) is 26.2 Å². The molecule has 10 nitrogen and oxygen atoms in total. The van der Waals surface area contributed by atoms with Crippen LogP contribution in [0.3, 0.4) is 0 Å². The number of thioether (sulfide) groups is 1. The molecule has 0 rings (SSSR count). The van der Waals surface area contributed by atoms with Gasteiger partial charge >= 0.3 is 11.9 Å². The summed E-state index contributed by atoms with van der Waals surface area (Å²) < 4.78 is 0. The molecule has 0 aliphatic carbocycles. The van der Waals surface area contributed by atoms with Crippen molar-refractivity contribution in [3.8, 4) is 0 Å². The Kier molecular flexibility index (Phi) is 10.8. The summed E-state index contributed by atoms with van der Waals surface area (Å²) in [5, 5.41) is 31.6. The lowest BCUT2D eigenvalue weighted by molar-refractivity contribution is -0.145. The number of rotatable bonds is 12. The summed E-state index contributed by atoms with van der Waals surface area (Å²) in [6.45, 7) is 1.18. The highest BCUT2D eigenvalue weighted by Crippen LogP contribution is 2.04. The van der Waals surface area contributed by atoms with E-state index in [4.69, 9.17) is 15.9 Å². The van der Waals surface area contributed by atoms with Gasteiger partial charge in [0, 0.05) is 6.42 Å². The van der Waals surface area contributed by atoms with Crippen molar-refractivity contribution in [2.75, 3.05) is 12.0 Å². The van der Waals surface area contributed by atoms with E-state index in [0.29, 0.717) is 12.2 Å². The maximum absolute atomic E-state index is 12.2. The molecule has 0 saturated heterocycles. The molecule has 7 N–H and O–H groups in total. The van der Waals surface area contributed by atoms with Crippen LogP contribution in [0.15, 0.2) is 0 Å². The highest BCUT2D eigenvalue weighted by Gasteiger charge is 2.30. The summed E-state index contributed by atoms with van der Waals surface area (Å²) in [5.41, 5.74) is 5.70. The first-order chi connectivity index (χ1) is 11.6. The van der Waals surface area contributed by atoms with E-state index in [1.54, 1.807) is 0 Å². The number of hydrogen-bond donors (Lipinski definition) is 6. The van der Waals surface area contributed by atoms with Gasteiger partial charge in [-0.05, 0) is 31.8 Å². The van der Waals surface area contributed by atoms with Gasteiger partial charge in [0.15, 0.2) is 6.04 Å². The van der Waals surface area contributed by atoms with Crippen molar-refractivity contribution >= 4 is 35.5 Å². The van der Waals surface area contributed by atoms with E-state index in [2.05, 4.69) is 10.6 Å². The molecule has 0 aromatic heterocycles. The van der Waals surface area contributed by atoms with E-state index in [0.717, 1.165) is 0 Å². The number of carboxylic acids is 2. The fourth-order valence-corrected chi connectivity index (χ4v) is 2.32. The van der Waals surface area contributed by atoms with Gasteiger partial charge in [-0.3, -0.25) is 14.4 Å². The first-order valence-corrected chi connectivity index (χ1v) is 8.97. The number of aliphatic carboxylic acids is 2. The molecule has 0 bridgehead atoms. The van der Waals surface area contributed by atoms with Crippen molar-refractivity contribution in [3.05, 3.63) is 0 Å². The number of hydrogen-bond acceptors (Lipinski definition) is 7. The standard InChI is InChI=1S/C14H25N3O7S/c1-7(18)11(14(23)24)17-13(22)9(3-4-10(19)20)16-12(21)8(15)5-6-25-2/h7-9,11,18H,3-6,15H2,1-2H3,(H,16,21)(H,17,22)(H,19,20)(H,23,24). The smallest absolute Gasteiger partial charge is 0.328 e. The molecule has 0 heterocycles. The number of aliphatic hydroxyl groups is 1. The van der Waals surface area contributed by atoms with Gasteiger partial charge in [-0.15, -0.1) is 0 Å². The number of carbonyl (C=O) groups is 4. The third-order valence-electron chi connectivity index (χ3n) is 3.30. The van der Waals surface area contributed by atoms with Crippen molar-refractivity contribution in [2.24, 2.45) is 5.73 Å². The molecule has 0 spiro atoms. The van der Waals surface area contributed by atoms with Gasteiger partial charge in [-0.2, -0.15) is 11.8 Å². The molecule has 2 amide bonds. The maximum Gasteiger partial charge on any atom is 0.328 e. The van der Waals surface area contributed by atoms with Gasteiger partial charge < -0.3 is 31.7 Å². The van der Waals surface area contributed by atoms with E-state index in [-0.39, 0.29) is 6.42 Å². The predicted octanol–water partition coefficient (Wildman–Crippen LogP) is -1.63. The van der Waals surface area contributed by atoms with Crippen molar-refractivity contribution in [2.45, 2.75) is 50.4 Å². The lowest BCUT2D eigenvalue weighted by Crippen LogP contribution is -2.56. The molecule has 4 atom stereocenters. The average molecular weight is 379 g/mol. The first kappa shape index (κ1) is 23.1. The molecule has 0 aliphatic rings. The molecule has 0 aromatic carbocycles. The topological polar surface area (TPSA) is 179 Å². The average Bonchev–Trinajstić information content (AvgIpc) is 2.52. The molecule has 0 aliphatic heterocycles. The Bertz CT molecular complexity index is 487. The summed E-state index contributed by atoms with van der Waals surface area (Å²) in [6, 6.07) is -3.73. The summed E-state index contributed by atoms with van der Waals surface area (Å²) >= 11 is 1.49. The van der Waals surface area contributed by atoms with Gasteiger partial charge in [0.2, 0.25) is 11.8 Å². The van der Waals surface area contributed by atoms with Crippen molar-refractivity contribution in [3.63, 3.8) is 0 Å². The van der Waals surface area contributed by atoms with Crippen LogP contribution in [-0.2, 0) is 19.2 Å². The van der Waals surface area contributed by atoms with E-state index in [1.807, 2.05) is 6.26 Å². The number of carbonyl (C=O) groups excluding carboxylic acids is 2. The van der Waals surface area contributed by atoms with Crippen molar-refractivity contribution in [1.29, 1.82) is 0 Å². The molecule has 0 radical (unpaired) electrons. The zero-order chi connectivity index (χ0) is 19.6. The highest BCUT2D eigenvalue weighted by atomic mass is 32.2.